The minimum atomic E-state index is -0.251. The normalized spacial score (nSPS) is 20.8. The zero-order valence-corrected chi connectivity index (χ0v) is 17.3. The summed E-state index contributed by atoms with van der Waals surface area (Å²) in [6.07, 6.45) is 6.94. The van der Waals surface area contributed by atoms with E-state index in [0.29, 0.717) is 39.3 Å². The minimum Gasteiger partial charge on any atom is -0.376 e. The molecule has 0 unspecified atom stereocenters. The number of anilines is 1. The van der Waals surface area contributed by atoms with Crippen molar-refractivity contribution in [3.05, 3.63) is 57.9 Å². The number of carbonyl (C=O) groups is 1. The Morgan fingerprint density at radius 2 is 2.28 bits per heavy atom. The van der Waals surface area contributed by atoms with Crippen LogP contribution >= 0.6 is 24.0 Å². The number of ether oxygens (including phenoxy) is 1. The number of thioether (sulfide) groups is 1. The lowest BCUT2D eigenvalue weighted by Gasteiger charge is -2.14. The van der Waals surface area contributed by atoms with Gasteiger partial charge in [-0.2, -0.15) is 0 Å². The van der Waals surface area contributed by atoms with E-state index in [1.165, 1.54) is 21.1 Å². The van der Waals surface area contributed by atoms with Crippen LogP contribution in [0.15, 0.2) is 46.8 Å². The summed E-state index contributed by atoms with van der Waals surface area (Å²) in [5.41, 5.74) is 0.605. The summed E-state index contributed by atoms with van der Waals surface area (Å²) in [5, 5.41) is 3.25. The van der Waals surface area contributed by atoms with Crippen LogP contribution in [-0.2, 0) is 9.53 Å². The first-order chi connectivity index (χ1) is 14.1. The quantitative estimate of drug-likeness (QED) is 0.431. The Hall–Kier alpha value is -2.49. The monoisotopic (exact) mass is 428 g/mol. The van der Waals surface area contributed by atoms with Crippen molar-refractivity contribution in [3.63, 3.8) is 0 Å². The topological polar surface area (TPSA) is 75.9 Å². The Balaban J connectivity index is 1.75. The molecule has 0 aromatic carbocycles. The summed E-state index contributed by atoms with van der Waals surface area (Å²) < 4.78 is 7.57. The van der Waals surface area contributed by atoms with E-state index in [0.717, 1.165) is 19.4 Å². The van der Waals surface area contributed by atoms with Crippen LogP contribution in [-0.4, -0.2) is 50.3 Å². The number of nitrogens with one attached hydrogen (secondary N) is 1. The molecule has 0 spiro atoms. The summed E-state index contributed by atoms with van der Waals surface area (Å²) in [5.74, 6) is 0.202. The van der Waals surface area contributed by atoms with Crippen molar-refractivity contribution < 1.29 is 9.53 Å². The van der Waals surface area contributed by atoms with E-state index in [4.69, 9.17) is 17.0 Å². The zero-order valence-electron chi connectivity index (χ0n) is 15.7. The maximum absolute atomic E-state index is 13.2. The number of hydrogen-bond donors (Lipinski definition) is 1. The summed E-state index contributed by atoms with van der Waals surface area (Å²) >= 11 is 6.47. The molecular weight excluding hydrogens is 408 g/mol. The molecule has 29 heavy (non-hydrogen) atoms. The third kappa shape index (κ3) is 3.98. The summed E-state index contributed by atoms with van der Waals surface area (Å²) in [4.78, 5) is 32.3. The van der Waals surface area contributed by atoms with Crippen molar-refractivity contribution in [1.29, 1.82) is 0 Å². The Bertz CT molecular complexity index is 1070. The highest BCUT2D eigenvalue weighted by Crippen LogP contribution is 2.33. The molecule has 150 valence electrons. The molecule has 0 radical (unpaired) electrons. The van der Waals surface area contributed by atoms with Gasteiger partial charge < -0.3 is 10.1 Å². The smallest absolute Gasteiger partial charge is 0.267 e. The molecule has 4 rings (SSSR count). The Morgan fingerprint density at radius 3 is 3.03 bits per heavy atom. The first kappa shape index (κ1) is 19.8. The molecule has 2 aliphatic heterocycles. The van der Waals surface area contributed by atoms with Gasteiger partial charge in [-0.15, -0.1) is 6.58 Å². The Kier molecular flexibility index (Phi) is 5.79. The maximum Gasteiger partial charge on any atom is 0.267 e. The lowest BCUT2D eigenvalue weighted by molar-refractivity contribution is -0.121. The molecule has 2 saturated heterocycles. The van der Waals surface area contributed by atoms with Gasteiger partial charge in [0, 0.05) is 25.9 Å². The number of thiocarbonyl (C=S) groups is 1. The summed E-state index contributed by atoms with van der Waals surface area (Å²) in [6, 6.07) is 5.36. The van der Waals surface area contributed by atoms with E-state index >= 15 is 0 Å². The van der Waals surface area contributed by atoms with Crippen LogP contribution in [0.4, 0.5) is 5.82 Å². The van der Waals surface area contributed by atoms with Gasteiger partial charge in [0.05, 0.1) is 16.6 Å². The van der Waals surface area contributed by atoms with Gasteiger partial charge >= 0.3 is 0 Å². The van der Waals surface area contributed by atoms with Gasteiger partial charge in [0.15, 0.2) is 0 Å². The molecule has 1 amide bonds. The van der Waals surface area contributed by atoms with E-state index in [-0.39, 0.29) is 17.6 Å². The lowest BCUT2D eigenvalue weighted by Crippen LogP contribution is -2.28. The largest absolute Gasteiger partial charge is 0.376 e. The third-order valence-corrected chi connectivity index (χ3v) is 6.13. The van der Waals surface area contributed by atoms with Crippen molar-refractivity contribution in [2.45, 2.75) is 18.9 Å². The second-order valence-electron chi connectivity index (χ2n) is 6.70. The van der Waals surface area contributed by atoms with Crippen molar-refractivity contribution >= 4 is 51.7 Å². The number of rotatable bonds is 6. The zero-order chi connectivity index (χ0) is 20.4. The van der Waals surface area contributed by atoms with E-state index in [2.05, 4.69) is 16.9 Å². The molecule has 9 heteroatoms. The first-order valence-corrected chi connectivity index (χ1v) is 10.5. The number of amides is 1. The van der Waals surface area contributed by atoms with Crippen molar-refractivity contribution in [1.82, 2.24) is 14.3 Å². The number of aromatic nitrogens is 2. The van der Waals surface area contributed by atoms with Gasteiger partial charge in [-0.3, -0.25) is 18.9 Å². The molecule has 7 nitrogen and oxygen atoms in total. The van der Waals surface area contributed by atoms with Crippen LogP contribution in [0.5, 0.6) is 0 Å². The average molecular weight is 429 g/mol. The van der Waals surface area contributed by atoms with Gasteiger partial charge in [0.1, 0.15) is 15.8 Å². The number of carbonyl (C=O) groups excluding carboxylic acids is 1. The van der Waals surface area contributed by atoms with E-state index in [1.807, 2.05) is 6.07 Å². The number of hydrogen-bond acceptors (Lipinski definition) is 7. The molecule has 2 fully saturated rings. The van der Waals surface area contributed by atoms with Gasteiger partial charge in [-0.1, -0.05) is 36.1 Å². The van der Waals surface area contributed by atoms with Crippen molar-refractivity contribution in [3.8, 4) is 0 Å². The molecule has 0 aliphatic carbocycles. The predicted molar refractivity (Wildman–Crippen MR) is 119 cm³/mol. The standard InChI is InChI=1S/C20H20N4O3S2/c1-2-8-24-19(26)15(29-20(24)28)11-14-17(21-12-13-6-5-10-27-13)22-16-7-3-4-9-23(16)18(14)25/h2-4,7,9,11,13,21H,1,5-6,8,10,12H2/b15-11-/t13-/m1/s1. The molecule has 2 aromatic heterocycles. The molecule has 4 heterocycles. The van der Waals surface area contributed by atoms with Crippen molar-refractivity contribution in [2.24, 2.45) is 0 Å². The molecular formula is C20H20N4O3S2. The van der Waals surface area contributed by atoms with Gasteiger partial charge in [0.2, 0.25) is 0 Å². The van der Waals surface area contributed by atoms with E-state index < -0.39 is 0 Å². The average Bonchev–Trinajstić information content (AvgIpc) is 3.33. The molecule has 2 aromatic rings. The number of nitrogens with zero attached hydrogens (tertiary/aromatic N) is 3. The second kappa shape index (κ2) is 8.48. The Morgan fingerprint density at radius 1 is 1.41 bits per heavy atom. The molecule has 0 saturated carbocycles. The minimum absolute atomic E-state index is 0.0877. The van der Waals surface area contributed by atoms with Crippen LogP contribution < -0.4 is 10.9 Å². The van der Waals surface area contributed by atoms with Crippen LogP contribution in [0.2, 0.25) is 0 Å². The molecule has 2 aliphatic rings. The Labute approximate surface area is 177 Å². The highest BCUT2D eigenvalue weighted by atomic mass is 32.2. The third-order valence-electron chi connectivity index (χ3n) is 4.75. The summed E-state index contributed by atoms with van der Waals surface area (Å²) in [6.45, 7) is 5.29. The molecule has 0 bridgehead atoms. The van der Waals surface area contributed by atoms with Crippen molar-refractivity contribution in [2.75, 3.05) is 25.0 Å². The van der Waals surface area contributed by atoms with Gasteiger partial charge in [-0.05, 0) is 31.1 Å². The van der Waals surface area contributed by atoms with Gasteiger partial charge in [0.25, 0.3) is 11.5 Å². The first-order valence-electron chi connectivity index (χ1n) is 9.31. The van der Waals surface area contributed by atoms with E-state index in [1.54, 1.807) is 30.5 Å². The fourth-order valence-corrected chi connectivity index (χ4v) is 4.56. The van der Waals surface area contributed by atoms with Crippen LogP contribution in [0, 0.1) is 0 Å². The second-order valence-corrected chi connectivity index (χ2v) is 8.38. The SMILES string of the molecule is C=CCN1C(=O)/C(=C/c2c(NC[C@H]3CCCO3)nc3ccccn3c2=O)SC1=S. The number of pyridine rings is 1. The fourth-order valence-electron chi connectivity index (χ4n) is 3.30. The van der Waals surface area contributed by atoms with Crippen LogP contribution in [0.3, 0.4) is 0 Å². The summed E-state index contributed by atoms with van der Waals surface area (Å²) in [7, 11) is 0. The maximum atomic E-state index is 13.2. The molecule has 1 atom stereocenters. The van der Waals surface area contributed by atoms with E-state index in [9.17, 15) is 9.59 Å². The predicted octanol–water partition coefficient (Wildman–Crippen LogP) is 2.67. The highest BCUT2D eigenvalue weighted by molar-refractivity contribution is 8.26. The van der Waals surface area contributed by atoms with Gasteiger partial charge in [-0.25, -0.2) is 4.98 Å². The van der Waals surface area contributed by atoms with Crippen LogP contribution in [0.25, 0.3) is 11.7 Å². The fraction of sp³-hybridized carbons (Fsp3) is 0.300. The number of fused-ring (bicyclic) bond motifs is 1. The highest BCUT2D eigenvalue weighted by Gasteiger charge is 2.31. The van der Waals surface area contributed by atoms with Crippen LogP contribution in [0.1, 0.15) is 18.4 Å². The molecule has 1 N–H and O–H groups in total. The lowest BCUT2D eigenvalue weighted by atomic mass is 10.2.